The third-order valence-electron chi connectivity index (χ3n) is 4.44. The van der Waals surface area contributed by atoms with Gasteiger partial charge < -0.3 is 10.1 Å². The number of benzene rings is 1. The lowest BCUT2D eigenvalue weighted by atomic mass is 10.1. The molecular formula is C21H21F3N4O. The Kier molecular flexibility index (Phi) is 6.31. The molecule has 0 spiro atoms. The van der Waals surface area contributed by atoms with Crippen molar-refractivity contribution in [3.63, 3.8) is 0 Å². The Morgan fingerprint density at radius 3 is 2.38 bits per heavy atom. The van der Waals surface area contributed by atoms with Crippen LogP contribution < -0.4 is 10.1 Å². The maximum absolute atomic E-state index is 12.6. The van der Waals surface area contributed by atoms with Crippen molar-refractivity contribution in [2.45, 2.75) is 32.9 Å². The van der Waals surface area contributed by atoms with Crippen molar-refractivity contribution in [1.29, 1.82) is 0 Å². The minimum Gasteiger partial charge on any atom is -0.439 e. The van der Waals surface area contributed by atoms with Gasteiger partial charge in [0.1, 0.15) is 17.9 Å². The van der Waals surface area contributed by atoms with Crippen molar-refractivity contribution >= 4 is 5.82 Å². The van der Waals surface area contributed by atoms with E-state index in [-0.39, 0.29) is 5.88 Å². The fourth-order valence-electron chi connectivity index (χ4n) is 2.80. The molecule has 0 saturated carbocycles. The van der Waals surface area contributed by atoms with E-state index in [0.717, 1.165) is 47.7 Å². The predicted octanol–water partition coefficient (Wildman–Crippen LogP) is 5.21. The summed E-state index contributed by atoms with van der Waals surface area (Å²) in [7, 11) is 0. The summed E-state index contributed by atoms with van der Waals surface area (Å²) in [4.78, 5) is 12.2. The van der Waals surface area contributed by atoms with Gasteiger partial charge >= 0.3 is 6.18 Å². The average Bonchev–Trinajstić information content (AvgIpc) is 2.70. The highest BCUT2D eigenvalue weighted by molar-refractivity contribution is 5.45. The molecule has 8 heteroatoms. The zero-order valence-electron chi connectivity index (χ0n) is 16.1. The first-order valence-corrected chi connectivity index (χ1v) is 9.21. The van der Waals surface area contributed by atoms with E-state index in [0.29, 0.717) is 12.3 Å². The zero-order valence-corrected chi connectivity index (χ0v) is 16.1. The Morgan fingerprint density at radius 1 is 1.00 bits per heavy atom. The molecular weight excluding hydrogens is 381 g/mol. The van der Waals surface area contributed by atoms with E-state index >= 15 is 0 Å². The third kappa shape index (κ3) is 5.43. The van der Waals surface area contributed by atoms with Crippen LogP contribution in [-0.4, -0.2) is 21.5 Å². The summed E-state index contributed by atoms with van der Waals surface area (Å²) in [5.74, 6) is 1.46. The second kappa shape index (κ2) is 8.89. The Hall–Kier alpha value is -3.16. The van der Waals surface area contributed by atoms with E-state index in [9.17, 15) is 13.2 Å². The molecule has 0 saturated heterocycles. The Morgan fingerprint density at radius 2 is 1.76 bits per heavy atom. The lowest BCUT2D eigenvalue weighted by Crippen LogP contribution is -2.09. The normalized spacial score (nSPS) is 11.3. The maximum Gasteiger partial charge on any atom is 0.417 e. The van der Waals surface area contributed by atoms with Crippen LogP contribution >= 0.6 is 0 Å². The molecule has 0 atom stereocenters. The van der Waals surface area contributed by atoms with Gasteiger partial charge in [0.25, 0.3) is 0 Å². The van der Waals surface area contributed by atoms with Gasteiger partial charge in [-0.05, 0) is 43.5 Å². The fourth-order valence-corrected chi connectivity index (χ4v) is 2.80. The van der Waals surface area contributed by atoms with E-state index in [4.69, 9.17) is 4.74 Å². The van der Waals surface area contributed by atoms with Crippen LogP contribution in [0.3, 0.4) is 0 Å². The molecule has 0 aliphatic rings. The molecule has 0 bridgehead atoms. The highest BCUT2D eigenvalue weighted by atomic mass is 19.4. The molecule has 2 aromatic heterocycles. The van der Waals surface area contributed by atoms with E-state index in [1.54, 1.807) is 18.5 Å². The minimum atomic E-state index is -4.41. The molecule has 0 aliphatic heterocycles. The molecule has 1 N–H and O–H groups in total. The number of aryl methyl sites for hydroxylation is 1. The first-order valence-electron chi connectivity index (χ1n) is 9.21. The second-order valence-corrected chi connectivity index (χ2v) is 6.45. The molecule has 29 heavy (non-hydrogen) atoms. The molecule has 0 aliphatic carbocycles. The maximum atomic E-state index is 12.6. The molecule has 5 nitrogen and oxygen atoms in total. The van der Waals surface area contributed by atoms with Crippen molar-refractivity contribution in [3.05, 3.63) is 71.3 Å². The van der Waals surface area contributed by atoms with E-state index in [1.165, 1.54) is 6.07 Å². The number of alkyl halides is 3. The first-order chi connectivity index (χ1) is 13.9. The van der Waals surface area contributed by atoms with Crippen LogP contribution in [0.25, 0.3) is 0 Å². The Labute approximate surface area is 167 Å². The number of hydrogen-bond donors (Lipinski definition) is 1. The molecule has 0 unspecified atom stereocenters. The van der Waals surface area contributed by atoms with Crippen LogP contribution in [-0.2, 0) is 19.0 Å². The van der Waals surface area contributed by atoms with Crippen molar-refractivity contribution in [2.24, 2.45) is 0 Å². The molecule has 152 valence electrons. The third-order valence-corrected chi connectivity index (χ3v) is 4.44. The van der Waals surface area contributed by atoms with Gasteiger partial charge in [0, 0.05) is 30.1 Å². The summed E-state index contributed by atoms with van der Waals surface area (Å²) in [6.07, 6.45) is -0.449. The molecule has 3 rings (SSSR count). The summed E-state index contributed by atoms with van der Waals surface area (Å²) in [6, 6.07) is 9.49. The summed E-state index contributed by atoms with van der Waals surface area (Å²) in [5.41, 5.74) is 2.37. The highest BCUT2D eigenvalue weighted by Crippen LogP contribution is 2.30. The van der Waals surface area contributed by atoms with Gasteiger partial charge in [-0.15, -0.1) is 0 Å². The van der Waals surface area contributed by atoms with Crippen LogP contribution in [0.15, 0.2) is 48.9 Å². The number of pyridine rings is 1. The van der Waals surface area contributed by atoms with Crippen molar-refractivity contribution < 1.29 is 17.9 Å². The highest BCUT2D eigenvalue weighted by Gasteiger charge is 2.30. The summed E-state index contributed by atoms with van der Waals surface area (Å²) < 4.78 is 43.2. The lowest BCUT2D eigenvalue weighted by Gasteiger charge is -2.11. The molecule has 0 amide bonds. The van der Waals surface area contributed by atoms with Gasteiger partial charge in [-0.1, -0.05) is 19.1 Å². The van der Waals surface area contributed by atoms with Crippen LogP contribution in [0, 0.1) is 6.92 Å². The first kappa shape index (κ1) is 20.6. The number of nitrogens with one attached hydrogen (secondary N) is 1. The fraction of sp³-hybridized carbons (Fsp3) is 0.286. The topological polar surface area (TPSA) is 59.9 Å². The van der Waals surface area contributed by atoms with Gasteiger partial charge in [0.15, 0.2) is 0 Å². The number of halogens is 3. The van der Waals surface area contributed by atoms with E-state index in [1.807, 2.05) is 19.1 Å². The van der Waals surface area contributed by atoms with Crippen LogP contribution in [0.2, 0.25) is 0 Å². The number of ether oxygens (including phenoxy) is 1. The molecule has 0 radical (unpaired) electrons. The SMILES string of the molecule is CCc1ncnc(NCCc2ccc(Oc3ccc(C(F)(F)F)cn3)cc2)c1C. The zero-order chi connectivity index (χ0) is 20.9. The van der Waals surface area contributed by atoms with Gasteiger partial charge in [0.05, 0.1) is 5.56 Å². The molecule has 1 aromatic carbocycles. The minimum absolute atomic E-state index is 0.110. The van der Waals surface area contributed by atoms with Gasteiger partial charge in [0.2, 0.25) is 5.88 Å². The van der Waals surface area contributed by atoms with E-state index < -0.39 is 11.7 Å². The van der Waals surface area contributed by atoms with Crippen molar-refractivity contribution in [3.8, 4) is 11.6 Å². The van der Waals surface area contributed by atoms with Crippen molar-refractivity contribution in [1.82, 2.24) is 15.0 Å². The number of hydrogen-bond acceptors (Lipinski definition) is 5. The number of aromatic nitrogens is 3. The Balaban J connectivity index is 1.54. The number of nitrogens with zero attached hydrogens (tertiary/aromatic N) is 3. The van der Waals surface area contributed by atoms with Gasteiger partial charge in [-0.25, -0.2) is 15.0 Å². The van der Waals surface area contributed by atoms with Crippen molar-refractivity contribution in [2.75, 3.05) is 11.9 Å². The largest absolute Gasteiger partial charge is 0.439 e. The number of rotatable bonds is 7. The Bertz CT molecular complexity index is 942. The standard InChI is InChI=1S/C21H21F3N4O/c1-3-18-14(2)20(28-13-27-18)25-11-10-15-4-7-17(8-5-15)29-19-9-6-16(12-26-19)21(22,23)24/h4-9,12-13H,3,10-11H2,1-2H3,(H,25,27,28). The van der Waals surface area contributed by atoms with Gasteiger partial charge in [-0.3, -0.25) is 0 Å². The van der Waals surface area contributed by atoms with Crippen LogP contribution in [0.4, 0.5) is 19.0 Å². The van der Waals surface area contributed by atoms with Crippen LogP contribution in [0.1, 0.15) is 29.3 Å². The summed E-state index contributed by atoms with van der Waals surface area (Å²) >= 11 is 0. The number of anilines is 1. The van der Waals surface area contributed by atoms with Gasteiger partial charge in [-0.2, -0.15) is 13.2 Å². The average molecular weight is 402 g/mol. The smallest absolute Gasteiger partial charge is 0.417 e. The summed E-state index contributed by atoms with van der Waals surface area (Å²) in [5, 5.41) is 3.32. The molecule has 0 fully saturated rings. The predicted molar refractivity (Wildman–Crippen MR) is 104 cm³/mol. The molecule has 2 heterocycles. The second-order valence-electron chi connectivity index (χ2n) is 6.45. The monoisotopic (exact) mass is 402 g/mol. The lowest BCUT2D eigenvalue weighted by molar-refractivity contribution is -0.137. The summed E-state index contributed by atoms with van der Waals surface area (Å²) in [6.45, 7) is 4.77. The molecule has 3 aromatic rings. The van der Waals surface area contributed by atoms with E-state index in [2.05, 4.69) is 27.2 Å². The van der Waals surface area contributed by atoms with Crippen LogP contribution in [0.5, 0.6) is 11.6 Å². The quantitative estimate of drug-likeness (QED) is 0.588.